The number of benzene rings is 1. The third kappa shape index (κ3) is 5.74. The van der Waals surface area contributed by atoms with E-state index in [0.717, 1.165) is 19.1 Å². The lowest BCUT2D eigenvalue weighted by molar-refractivity contribution is -0.129. The number of anilines is 1. The van der Waals surface area contributed by atoms with E-state index in [1.165, 1.54) is 11.4 Å². The van der Waals surface area contributed by atoms with Crippen LogP contribution in [0.4, 0.5) is 5.69 Å². The highest BCUT2D eigenvalue weighted by molar-refractivity contribution is 7.92. The van der Waals surface area contributed by atoms with Crippen LogP contribution in [0.25, 0.3) is 0 Å². The summed E-state index contributed by atoms with van der Waals surface area (Å²) in [6, 6.07) is 6.88. The van der Waals surface area contributed by atoms with Gasteiger partial charge in [-0.2, -0.15) is 0 Å². The zero-order chi connectivity index (χ0) is 17.5. The van der Waals surface area contributed by atoms with Crippen molar-refractivity contribution in [3.05, 3.63) is 24.3 Å². The molecule has 0 saturated heterocycles. The summed E-state index contributed by atoms with van der Waals surface area (Å²) >= 11 is 0. The number of carbonyl (C=O) groups is 1. The van der Waals surface area contributed by atoms with E-state index in [1.54, 1.807) is 36.2 Å². The zero-order valence-electron chi connectivity index (χ0n) is 14.3. The largest absolute Gasteiger partial charge is 0.495 e. The lowest BCUT2D eigenvalue weighted by Gasteiger charge is -2.25. The zero-order valence-corrected chi connectivity index (χ0v) is 15.1. The Morgan fingerprint density at radius 1 is 1.22 bits per heavy atom. The van der Waals surface area contributed by atoms with Gasteiger partial charge in [0.15, 0.2) is 0 Å². The number of rotatable bonds is 9. The highest BCUT2D eigenvalue weighted by Crippen LogP contribution is 2.29. The molecule has 0 spiro atoms. The average molecular weight is 342 g/mol. The van der Waals surface area contributed by atoms with Gasteiger partial charge in [-0.15, -0.1) is 0 Å². The molecule has 0 unspecified atom stereocenters. The van der Waals surface area contributed by atoms with Crippen LogP contribution >= 0.6 is 0 Å². The molecular formula is C16H26N2O4S. The maximum atomic E-state index is 12.1. The molecule has 0 aliphatic carbocycles. The Bertz CT molecular complexity index is 616. The van der Waals surface area contributed by atoms with Crippen molar-refractivity contribution >= 4 is 21.6 Å². The van der Waals surface area contributed by atoms with Crippen LogP contribution in [0.3, 0.4) is 0 Å². The van der Waals surface area contributed by atoms with Gasteiger partial charge in [0.1, 0.15) is 5.75 Å². The molecule has 1 rings (SSSR count). The van der Waals surface area contributed by atoms with E-state index >= 15 is 0 Å². The molecule has 7 heteroatoms. The van der Waals surface area contributed by atoms with Crippen LogP contribution in [0.15, 0.2) is 24.3 Å². The van der Waals surface area contributed by atoms with Crippen molar-refractivity contribution < 1.29 is 17.9 Å². The molecule has 23 heavy (non-hydrogen) atoms. The molecule has 1 aromatic carbocycles. The van der Waals surface area contributed by atoms with Crippen molar-refractivity contribution in [3.63, 3.8) is 0 Å². The fraction of sp³-hybridized carbons (Fsp3) is 0.562. The van der Waals surface area contributed by atoms with Gasteiger partial charge in [-0.3, -0.25) is 9.10 Å². The van der Waals surface area contributed by atoms with Gasteiger partial charge in [0.25, 0.3) is 0 Å². The third-order valence-electron chi connectivity index (χ3n) is 3.56. The number of hydrogen-bond donors (Lipinski definition) is 0. The number of sulfonamides is 1. The molecule has 1 aromatic rings. The van der Waals surface area contributed by atoms with Gasteiger partial charge in [0.2, 0.25) is 15.9 Å². The van der Waals surface area contributed by atoms with E-state index in [4.69, 9.17) is 4.74 Å². The standard InChI is InChI=1S/C16H26N2O4S/c1-5-6-12-17(2)16(19)11-13-18(23(4,20)21)14-9-7-8-10-15(14)22-3/h7-10H,5-6,11-13H2,1-4H3. The smallest absolute Gasteiger partial charge is 0.232 e. The monoisotopic (exact) mass is 342 g/mol. The first-order valence-corrected chi connectivity index (χ1v) is 9.50. The number of methoxy groups -OCH3 is 1. The van der Waals surface area contributed by atoms with Gasteiger partial charge in [-0.1, -0.05) is 25.5 Å². The number of amides is 1. The van der Waals surface area contributed by atoms with Gasteiger partial charge < -0.3 is 9.64 Å². The van der Waals surface area contributed by atoms with Crippen molar-refractivity contribution in [3.8, 4) is 5.75 Å². The van der Waals surface area contributed by atoms with E-state index in [2.05, 4.69) is 6.92 Å². The molecule has 0 aromatic heterocycles. The summed E-state index contributed by atoms with van der Waals surface area (Å²) in [6.45, 7) is 2.84. The van der Waals surface area contributed by atoms with Gasteiger partial charge >= 0.3 is 0 Å². The Kier molecular flexibility index (Phi) is 7.35. The van der Waals surface area contributed by atoms with E-state index in [9.17, 15) is 13.2 Å². The van der Waals surface area contributed by atoms with Gasteiger partial charge in [-0.25, -0.2) is 8.42 Å². The van der Waals surface area contributed by atoms with Crippen molar-refractivity contribution in [1.29, 1.82) is 0 Å². The number of nitrogens with zero attached hydrogens (tertiary/aromatic N) is 2. The van der Waals surface area contributed by atoms with E-state index < -0.39 is 10.0 Å². The van der Waals surface area contributed by atoms with E-state index in [1.807, 2.05) is 0 Å². The van der Waals surface area contributed by atoms with Crippen LogP contribution in [0.2, 0.25) is 0 Å². The Morgan fingerprint density at radius 2 is 1.87 bits per heavy atom. The number of para-hydroxylation sites is 2. The van der Waals surface area contributed by atoms with Crippen molar-refractivity contribution in [2.24, 2.45) is 0 Å². The fourth-order valence-electron chi connectivity index (χ4n) is 2.21. The summed E-state index contributed by atoms with van der Waals surface area (Å²) in [4.78, 5) is 13.8. The highest BCUT2D eigenvalue weighted by atomic mass is 32.2. The molecular weight excluding hydrogens is 316 g/mol. The van der Waals surface area contributed by atoms with Gasteiger partial charge in [0, 0.05) is 26.6 Å². The molecule has 0 fully saturated rings. The van der Waals surface area contributed by atoms with Crippen LogP contribution in [-0.4, -0.2) is 52.7 Å². The predicted octanol–water partition coefficient (Wildman–Crippen LogP) is 2.11. The number of hydrogen-bond acceptors (Lipinski definition) is 4. The van der Waals surface area contributed by atoms with Gasteiger partial charge in [-0.05, 0) is 18.6 Å². The average Bonchev–Trinajstić information content (AvgIpc) is 2.51. The SMILES string of the molecule is CCCCN(C)C(=O)CCN(c1ccccc1OC)S(C)(=O)=O. The molecule has 0 aliphatic rings. The Labute approximate surface area is 139 Å². The lowest BCUT2D eigenvalue weighted by Crippen LogP contribution is -2.35. The maximum Gasteiger partial charge on any atom is 0.232 e. The molecule has 0 N–H and O–H groups in total. The van der Waals surface area contributed by atoms with Crippen LogP contribution in [0.5, 0.6) is 5.75 Å². The summed E-state index contributed by atoms with van der Waals surface area (Å²) in [5.74, 6) is 0.395. The Morgan fingerprint density at radius 3 is 2.43 bits per heavy atom. The first-order valence-electron chi connectivity index (χ1n) is 7.66. The summed E-state index contributed by atoms with van der Waals surface area (Å²) in [7, 11) is -0.275. The second-order valence-corrected chi connectivity index (χ2v) is 7.33. The topological polar surface area (TPSA) is 66.9 Å². The quantitative estimate of drug-likeness (QED) is 0.689. The van der Waals surface area contributed by atoms with Crippen LogP contribution < -0.4 is 9.04 Å². The molecule has 0 saturated carbocycles. The molecule has 130 valence electrons. The van der Waals surface area contributed by atoms with Crippen molar-refractivity contribution in [2.45, 2.75) is 26.2 Å². The predicted molar refractivity (Wildman–Crippen MR) is 92.3 cm³/mol. The molecule has 0 radical (unpaired) electrons. The Hall–Kier alpha value is -1.76. The molecule has 0 atom stereocenters. The second-order valence-electron chi connectivity index (χ2n) is 5.43. The van der Waals surface area contributed by atoms with E-state index in [-0.39, 0.29) is 18.9 Å². The maximum absolute atomic E-state index is 12.1. The highest BCUT2D eigenvalue weighted by Gasteiger charge is 2.22. The van der Waals surface area contributed by atoms with E-state index in [0.29, 0.717) is 18.0 Å². The summed E-state index contributed by atoms with van der Waals surface area (Å²) < 4.78 is 30.6. The first-order chi connectivity index (χ1) is 10.8. The minimum absolute atomic E-state index is 0.0676. The summed E-state index contributed by atoms with van der Waals surface area (Å²) in [6.07, 6.45) is 3.20. The van der Waals surface area contributed by atoms with Crippen LogP contribution in [0.1, 0.15) is 26.2 Å². The summed E-state index contributed by atoms with van der Waals surface area (Å²) in [5, 5.41) is 0. The van der Waals surface area contributed by atoms with Crippen LogP contribution in [-0.2, 0) is 14.8 Å². The van der Waals surface area contributed by atoms with Crippen molar-refractivity contribution in [2.75, 3.05) is 37.8 Å². The first kappa shape index (κ1) is 19.3. The van der Waals surface area contributed by atoms with Gasteiger partial charge in [0.05, 0.1) is 19.1 Å². The molecule has 0 aliphatic heterocycles. The number of unbranched alkanes of at least 4 members (excludes halogenated alkanes) is 1. The minimum atomic E-state index is -3.51. The lowest BCUT2D eigenvalue weighted by atomic mass is 10.2. The second kappa shape index (κ2) is 8.76. The Balaban J connectivity index is 2.88. The molecule has 0 bridgehead atoms. The molecule has 6 nitrogen and oxygen atoms in total. The summed E-state index contributed by atoms with van der Waals surface area (Å²) in [5.41, 5.74) is 0.446. The van der Waals surface area contributed by atoms with Crippen molar-refractivity contribution in [1.82, 2.24) is 4.90 Å². The molecule has 0 heterocycles. The third-order valence-corrected chi connectivity index (χ3v) is 4.74. The number of carbonyl (C=O) groups excluding carboxylic acids is 1. The molecule has 1 amide bonds. The van der Waals surface area contributed by atoms with Crippen LogP contribution in [0, 0.1) is 0 Å². The fourth-order valence-corrected chi connectivity index (χ4v) is 3.14. The number of ether oxygens (including phenoxy) is 1. The normalized spacial score (nSPS) is 11.1. The minimum Gasteiger partial charge on any atom is -0.495 e.